The highest BCUT2D eigenvalue weighted by molar-refractivity contribution is 7.15. The molecule has 0 fully saturated rings. The molecule has 2 aromatic heterocycles. The number of hydrogen-bond acceptors (Lipinski definition) is 5. The van der Waals surface area contributed by atoms with Crippen molar-refractivity contribution in [3.63, 3.8) is 0 Å². The van der Waals surface area contributed by atoms with E-state index in [0.717, 1.165) is 16.1 Å². The van der Waals surface area contributed by atoms with Crippen molar-refractivity contribution >= 4 is 28.4 Å². The molecule has 0 atom stereocenters. The van der Waals surface area contributed by atoms with Gasteiger partial charge in [0.25, 0.3) is 5.91 Å². The zero-order valence-corrected chi connectivity index (χ0v) is 17.3. The molecule has 0 saturated carbocycles. The van der Waals surface area contributed by atoms with Gasteiger partial charge in [0.2, 0.25) is 0 Å². The molecule has 3 aromatic rings. The summed E-state index contributed by atoms with van der Waals surface area (Å²) in [7, 11) is 0. The van der Waals surface area contributed by atoms with Gasteiger partial charge >= 0.3 is 6.03 Å². The lowest BCUT2D eigenvalue weighted by Crippen LogP contribution is -2.35. The number of aromatic amines is 1. The monoisotopic (exact) mass is 428 g/mol. The molecule has 1 aliphatic rings. The van der Waals surface area contributed by atoms with Gasteiger partial charge in [-0.05, 0) is 44.2 Å². The molecular weight excluding hydrogens is 407 g/mol. The number of benzene rings is 1. The maximum absolute atomic E-state index is 13.1. The molecular formula is C20H21FN6O2S. The van der Waals surface area contributed by atoms with Crippen LogP contribution in [0.5, 0.6) is 0 Å². The summed E-state index contributed by atoms with van der Waals surface area (Å²) in [6.07, 6.45) is 0.615. The van der Waals surface area contributed by atoms with Crippen molar-refractivity contribution in [2.24, 2.45) is 0 Å². The first-order valence-corrected chi connectivity index (χ1v) is 10.4. The number of nitrogens with one attached hydrogen (secondary N) is 3. The molecule has 3 amide bonds. The molecule has 1 aromatic carbocycles. The van der Waals surface area contributed by atoms with Crippen LogP contribution in [0, 0.1) is 5.82 Å². The number of halogens is 1. The summed E-state index contributed by atoms with van der Waals surface area (Å²) in [6.45, 7) is 4.71. The second-order valence-corrected chi connectivity index (χ2v) is 8.38. The van der Waals surface area contributed by atoms with Gasteiger partial charge < -0.3 is 10.2 Å². The maximum Gasteiger partial charge on any atom is 0.321 e. The van der Waals surface area contributed by atoms with Crippen LogP contribution in [0.25, 0.3) is 11.3 Å². The van der Waals surface area contributed by atoms with E-state index in [-0.39, 0.29) is 23.8 Å². The number of amides is 3. The number of hydrogen-bond donors (Lipinski definition) is 3. The number of fused-ring (bicyclic) bond motifs is 1. The van der Waals surface area contributed by atoms with Crippen molar-refractivity contribution in [3.8, 4) is 11.3 Å². The first-order chi connectivity index (χ1) is 14.4. The van der Waals surface area contributed by atoms with E-state index in [1.807, 2.05) is 13.8 Å². The van der Waals surface area contributed by atoms with Crippen LogP contribution in [-0.4, -0.2) is 44.6 Å². The van der Waals surface area contributed by atoms with Crippen molar-refractivity contribution in [1.82, 2.24) is 25.4 Å². The lowest BCUT2D eigenvalue weighted by molar-refractivity contribution is 0.0730. The van der Waals surface area contributed by atoms with E-state index in [1.165, 1.54) is 23.5 Å². The summed E-state index contributed by atoms with van der Waals surface area (Å²) >= 11 is 1.37. The van der Waals surface area contributed by atoms with Crippen LogP contribution in [0.3, 0.4) is 0 Å². The molecule has 0 saturated heterocycles. The summed E-state index contributed by atoms with van der Waals surface area (Å²) in [5, 5.41) is 13.0. The lowest BCUT2D eigenvalue weighted by Gasteiger charge is -2.25. The number of H-pyrrole nitrogens is 1. The van der Waals surface area contributed by atoms with Crippen LogP contribution >= 0.6 is 11.3 Å². The maximum atomic E-state index is 13.1. The van der Waals surface area contributed by atoms with Crippen LogP contribution < -0.4 is 10.6 Å². The predicted molar refractivity (Wildman–Crippen MR) is 112 cm³/mol. The Balaban J connectivity index is 1.44. The first kappa shape index (κ1) is 20.0. The van der Waals surface area contributed by atoms with Gasteiger partial charge in [-0.1, -0.05) is 11.3 Å². The summed E-state index contributed by atoms with van der Waals surface area (Å²) in [4.78, 5) is 31.9. The van der Waals surface area contributed by atoms with Crippen molar-refractivity contribution in [2.45, 2.75) is 32.9 Å². The minimum absolute atomic E-state index is 0.0295. The number of aromatic nitrogens is 3. The highest BCUT2D eigenvalue weighted by Crippen LogP contribution is 2.29. The number of carbonyl (C=O) groups excluding carboxylic acids is 2. The van der Waals surface area contributed by atoms with Crippen molar-refractivity contribution in [2.75, 3.05) is 11.9 Å². The zero-order chi connectivity index (χ0) is 21.3. The average Bonchev–Trinajstić information content (AvgIpc) is 3.33. The minimum atomic E-state index is -0.324. The van der Waals surface area contributed by atoms with Crippen molar-refractivity contribution < 1.29 is 14.0 Å². The summed E-state index contributed by atoms with van der Waals surface area (Å²) in [5.41, 5.74) is 2.58. The van der Waals surface area contributed by atoms with E-state index >= 15 is 0 Å². The Bertz CT molecular complexity index is 1080. The fourth-order valence-electron chi connectivity index (χ4n) is 3.19. The third kappa shape index (κ3) is 4.33. The van der Waals surface area contributed by atoms with Gasteiger partial charge in [0.05, 0.1) is 17.9 Å². The normalized spacial score (nSPS) is 13.3. The van der Waals surface area contributed by atoms with Crippen molar-refractivity contribution in [1.29, 1.82) is 0 Å². The highest BCUT2D eigenvalue weighted by atomic mass is 32.1. The Labute approximate surface area is 176 Å². The molecule has 0 unspecified atom stereocenters. The van der Waals surface area contributed by atoms with E-state index in [9.17, 15) is 14.0 Å². The number of anilines is 1. The van der Waals surface area contributed by atoms with Gasteiger partial charge in [-0.3, -0.25) is 15.2 Å². The van der Waals surface area contributed by atoms with E-state index < -0.39 is 0 Å². The van der Waals surface area contributed by atoms with Gasteiger partial charge in [-0.15, -0.1) is 0 Å². The largest absolute Gasteiger partial charge is 0.336 e. The van der Waals surface area contributed by atoms with Gasteiger partial charge in [0.15, 0.2) is 5.13 Å². The first-order valence-electron chi connectivity index (χ1n) is 9.56. The molecule has 0 bridgehead atoms. The predicted octanol–water partition coefficient (Wildman–Crippen LogP) is 3.40. The van der Waals surface area contributed by atoms with Crippen LogP contribution in [0.4, 0.5) is 14.3 Å². The molecule has 0 spiro atoms. The third-order valence-corrected chi connectivity index (χ3v) is 5.60. The minimum Gasteiger partial charge on any atom is -0.336 e. The second kappa shape index (κ2) is 8.23. The quantitative estimate of drug-likeness (QED) is 0.593. The van der Waals surface area contributed by atoms with Gasteiger partial charge in [-0.2, -0.15) is 5.10 Å². The molecule has 1 aliphatic heterocycles. The topological polar surface area (TPSA) is 103 Å². The van der Waals surface area contributed by atoms with E-state index in [0.29, 0.717) is 36.0 Å². The number of urea groups is 1. The summed E-state index contributed by atoms with van der Waals surface area (Å²) in [5.74, 6) is -0.489. The lowest BCUT2D eigenvalue weighted by atomic mass is 10.1. The van der Waals surface area contributed by atoms with E-state index in [2.05, 4.69) is 25.8 Å². The summed E-state index contributed by atoms with van der Waals surface area (Å²) < 4.78 is 13.1. The molecule has 10 heteroatoms. The van der Waals surface area contributed by atoms with Gasteiger partial charge in [0.1, 0.15) is 11.5 Å². The van der Waals surface area contributed by atoms with Crippen LogP contribution in [0.2, 0.25) is 0 Å². The Morgan fingerprint density at radius 1 is 1.27 bits per heavy atom. The second-order valence-electron chi connectivity index (χ2n) is 7.29. The number of nitrogens with zero attached hydrogens (tertiary/aromatic N) is 3. The number of carbonyl (C=O) groups is 2. The van der Waals surface area contributed by atoms with Crippen LogP contribution in [0.1, 0.15) is 34.9 Å². The molecule has 0 radical (unpaired) electrons. The fraction of sp³-hybridized carbons (Fsp3) is 0.300. The Hall–Kier alpha value is -3.27. The molecule has 3 heterocycles. The van der Waals surface area contributed by atoms with E-state index in [4.69, 9.17) is 0 Å². The highest BCUT2D eigenvalue weighted by Gasteiger charge is 2.26. The zero-order valence-electron chi connectivity index (χ0n) is 16.5. The van der Waals surface area contributed by atoms with Crippen molar-refractivity contribution in [3.05, 3.63) is 52.4 Å². The Morgan fingerprint density at radius 2 is 2.03 bits per heavy atom. The molecule has 30 heavy (non-hydrogen) atoms. The molecule has 8 nitrogen and oxygen atoms in total. The third-order valence-electron chi connectivity index (χ3n) is 4.61. The van der Waals surface area contributed by atoms with Crippen LogP contribution in [0.15, 0.2) is 30.3 Å². The fourth-order valence-corrected chi connectivity index (χ4v) is 4.21. The Kier molecular flexibility index (Phi) is 5.49. The van der Waals surface area contributed by atoms with E-state index in [1.54, 1.807) is 23.1 Å². The van der Waals surface area contributed by atoms with Gasteiger partial charge in [0, 0.05) is 29.4 Å². The molecule has 3 N–H and O–H groups in total. The molecule has 0 aliphatic carbocycles. The number of rotatable bonds is 4. The number of thiazole rings is 1. The van der Waals surface area contributed by atoms with Crippen LogP contribution in [-0.2, 0) is 13.0 Å². The molecule has 4 rings (SSSR count). The smallest absolute Gasteiger partial charge is 0.321 e. The Morgan fingerprint density at radius 3 is 2.77 bits per heavy atom. The standard InChI is InChI=1S/C20H21FN6O2S/c1-11(2)22-19(29)24-20-23-14-7-8-27(10-17(14)30-20)18(28)16-9-15(25-26-16)12-3-5-13(21)6-4-12/h3-6,9,11H,7-8,10H2,1-2H3,(H,25,26)(H2,22,23,24,29). The average molecular weight is 428 g/mol. The SMILES string of the molecule is CC(C)NC(=O)Nc1nc2c(s1)CN(C(=O)c1cc(-c3ccc(F)cc3)n[nH]1)CC2. The van der Waals surface area contributed by atoms with Gasteiger partial charge in [-0.25, -0.2) is 14.2 Å². The summed E-state index contributed by atoms with van der Waals surface area (Å²) in [6, 6.07) is 7.35. The molecule has 156 valence electrons.